The molecular weight excluding hydrogens is 355 g/mol. The quantitative estimate of drug-likeness (QED) is 0.699. The lowest BCUT2D eigenvalue weighted by Gasteiger charge is -2.22. The number of hydrogen-bond acceptors (Lipinski definition) is 3. The Bertz CT molecular complexity index is 907. The van der Waals surface area contributed by atoms with Gasteiger partial charge in [-0.1, -0.05) is 12.1 Å². The molecule has 0 bridgehead atoms. The third-order valence-corrected chi connectivity index (χ3v) is 5.11. The number of rotatable bonds is 4. The normalized spacial score (nSPS) is 15.4. The Balaban J connectivity index is 1.37. The second kappa shape index (κ2) is 8.35. The summed E-state index contributed by atoms with van der Waals surface area (Å²) in [7, 11) is 0. The van der Waals surface area contributed by atoms with Gasteiger partial charge in [0, 0.05) is 56.4 Å². The summed E-state index contributed by atoms with van der Waals surface area (Å²) in [4.78, 5) is 21.2. The Labute approximate surface area is 164 Å². The first-order valence-electron chi connectivity index (χ1n) is 9.53. The van der Waals surface area contributed by atoms with Crippen LogP contribution in [0.3, 0.4) is 0 Å². The summed E-state index contributed by atoms with van der Waals surface area (Å²) in [6.45, 7) is 3.98. The molecule has 4 rings (SSSR count). The van der Waals surface area contributed by atoms with Crippen molar-refractivity contribution in [3.05, 3.63) is 84.2 Å². The van der Waals surface area contributed by atoms with Gasteiger partial charge in [0.25, 0.3) is 5.91 Å². The maximum Gasteiger partial charge on any atom is 0.253 e. The molecule has 0 spiro atoms. The fourth-order valence-corrected chi connectivity index (χ4v) is 3.55. The van der Waals surface area contributed by atoms with Crippen LogP contribution >= 0.6 is 0 Å². The van der Waals surface area contributed by atoms with Gasteiger partial charge in [-0.05, 0) is 48.4 Å². The van der Waals surface area contributed by atoms with Gasteiger partial charge in [0.2, 0.25) is 0 Å². The summed E-state index contributed by atoms with van der Waals surface area (Å²) in [6.07, 6.45) is 6.27. The van der Waals surface area contributed by atoms with Crippen LogP contribution in [0.1, 0.15) is 22.3 Å². The molecule has 2 heterocycles. The number of halogens is 1. The van der Waals surface area contributed by atoms with Gasteiger partial charge in [0.15, 0.2) is 0 Å². The molecule has 1 saturated heterocycles. The van der Waals surface area contributed by atoms with Crippen molar-refractivity contribution >= 4 is 5.91 Å². The zero-order valence-electron chi connectivity index (χ0n) is 15.7. The van der Waals surface area contributed by atoms with E-state index in [-0.39, 0.29) is 11.7 Å². The van der Waals surface area contributed by atoms with E-state index in [1.54, 1.807) is 12.5 Å². The van der Waals surface area contributed by atoms with Gasteiger partial charge in [-0.25, -0.2) is 9.37 Å². The lowest BCUT2D eigenvalue weighted by atomic mass is 10.1. The number of hydrogen-bond donors (Lipinski definition) is 0. The summed E-state index contributed by atoms with van der Waals surface area (Å²) in [5.74, 6) is -0.142. The second-order valence-electron chi connectivity index (χ2n) is 7.07. The average molecular weight is 378 g/mol. The van der Waals surface area contributed by atoms with Crippen molar-refractivity contribution in [2.24, 2.45) is 0 Å². The fourth-order valence-electron chi connectivity index (χ4n) is 3.55. The Morgan fingerprint density at radius 2 is 1.75 bits per heavy atom. The van der Waals surface area contributed by atoms with Crippen molar-refractivity contribution in [2.45, 2.75) is 13.0 Å². The molecule has 6 heteroatoms. The van der Waals surface area contributed by atoms with Crippen LogP contribution < -0.4 is 0 Å². The van der Waals surface area contributed by atoms with Crippen LogP contribution in [0, 0.1) is 5.82 Å². The summed E-state index contributed by atoms with van der Waals surface area (Å²) in [6, 6.07) is 14.3. The highest BCUT2D eigenvalue weighted by Gasteiger charge is 2.20. The highest BCUT2D eigenvalue weighted by molar-refractivity contribution is 5.94. The number of aromatic nitrogens is 2. The predicted octanol–water partition coefficient (Wildman–Crippen LogP) is 3.36. The lowest BCUT2D eigenvalue weighted by Crippen LogP contribution is -2.35. The summed E-state index contributed by atoms with van der Waals surface area (Å²) >= 11 is 0. The minimum atomic E-state index is -0.213. The molecule has 0 saturated carbocycles. The Hall–Kier alpha value is -2.99. The van der Waals surface area contributed by atoms with Crippen LogP contribution in [0.5, 0.6) is 0 Å². The Morgan fingerprint density at radius 3 is 2.46 bits per heavy atom. The van der Waals surface area contributed by atoms with E-state index in [2.05, 4.69) is 9.88 Å². The Kier molecular flexibility index (Phi) is 5.48. The van der Waals surface area contributed by atoms with E-state index in [0.29, 0.717) is 12.1 Å². The molecule has 1 aliphatic heterocycles. The van der Waals surface area contributed by atoms with E-state index in [1.807, 2.05) is 52.1 Å². The maximum atomic E-state index is 13.1. The molecule has 0 atom stereocenters. The van der Waals surface area contributed by atoms with Crippen LogP contribution in [-0.4, -0.2) is 51.4 Å². The highest BCUT2D eigenvalue weighted by Crippen LogP contribution is 2.14. The third-order valence-electron chi connectivity index (χ3n) is 5.11. The van der Waals surface area contributed by atoms with Crippen LogP contribution in [0.15, 0.2) is 67.3 Å². The smallest absolute Gasteiger partial charge is 0.253 e. The topological polar surface area (TPSA) is 41.4 Å². The standard InChI is InChI=1S/C22H23FN4O/c23-20-6-2-18(3-7-20)16-25-11-1-12-26(15-14-25)22(28)19-4-8-21(9-5-19)27-13-10-24-17-27/h2-10,13,17H,1,11-12,14-16H2. The average Bonchev–Trinajstić information content (AvgIpc) is 3.16. The maximum absolute atomic E-state index is 13.1. The number of nitrogens with zero attached hydrogens (tertiary/aromatic N) is 4. The molecule has 0 N–H and O–H groups in total. The van der Waals surface area contributed by atoms with Crippen LogP contribution in [0.4, 0.5) is 4.39 Å². The second-order valence-corrected chi connectivity index (χ2v) is 7.07. The molecule has 1 aromatic heterocycles. The van der Waals surface area contributed by atoms with Gasteiger partial charge in [0.1, 0.15) is 5.82 Å². The van der Waals surface area contributed by atoms with Crippen LogP contribution in [0.2, 0.25) is 0 Å². The van der Waals surface area contributed by atoms with E-state index in [0.717, 1.165) is 43.9 Å². The molecule has 0 radical (unpaired) electrons. The molecule has 28 heavy (non-hydrogen) atoms. The zero-order valence-corrected chi connectivity index (χ0v) is 15.7. The summed E-state index contributed by atoms with van der Waals surface area (Å²) < 4.78 is 15.0. The van der Waals surface area contributed by atoms with Crippen molar-refractivity contribution in [1.29, 1.82) is 0 Å². The number of amides is 1. The summed E-state index contributed by atoms with van der Waals surface area (Å²) in [5, 5.41) is 0. The van der Waals surface area contributed by atoms with Crippen molar-refractivity contribution in [3.63, 3.8) is 0 Å². The van der Waals surface area contributed by atoms with Crippen LogP contribution in [0.25, 0.3) is 5.69 Å². The van der Waals surface area contributed by atoms with Crippen molar-refractivity contribution < 1.29 is 9.18 Å². The first kappa shape index (κ1) is 18.4. The minimum absolute atomic E-state index is 0.0702. The van der Waals surface area contributed by atoms with E-state index >= 15 is 0 Å². The van der Waals surface area contributed by atoms with Gasteiger partial charge >= 0.3 is 0 Å². The molecular formula is C22H23FN4O. The molecule has 1 fully saturated rings. The molecule has 0 aliphatic carbocycles. The number of carbonyl (C=O) groups excluding carboxylic acids is 1. The molecule has 0 unspecified atom stereocenters. The molecule has 1 amide bonds. The zero-order chi connectivity index (χ0) is 19.3. The van der Waals surface area contributed by atoms with Gasteiger partial charge in [0.05, 0.1) is 6.33 Å². The van der Waals surface area contributed by atoms with Gasteiger partial charge < -0.3 is 9.47 Å². The monoisotopic (exact) mass is 378 g/mol. The lowest BCUT2D eigenvalue weighted by molar-refractivity contribution is 0.0761. The first-order valence-corrected chi connectivity index (χ1v) is 9.53. The first-order chi connectivity index (χ1) is 13.7. The minimum Gasteiger partial charge on any atom is -0.337 e. The Morgan fingerprint density at radius 1 is 0.964 bits per heavy atom. The number of imidazole rings is 1. The summed E-state index contributed by atoms with van der Waals surface area (Å²) in [5.41, 5.74) is 2.78. The SMILES string of the molecule is O=C(c1ccc(-n2ccnc2)cc1)N1CCCN(Cc2ccc(F)cc2)CC1. The van der Waals surface area contributed by atoms with E-state index in [1.165, 1.54) is 12.1 Å². The molecule has 1 aliphatic rings. The van der Waals surface area contributed by atoms with E-state index in [9.17, 15) is 9.18 Å². The van der Waals surface area contributed by atoms with Crippen molar-refractivity contribution in [1.82, 2.24) is 19.4 Å². The fraction of sp³-hybridized carbons (Fsp3) is 0.273. The van der Waals surface area contributed by atoms with Crippen molar-refractivity contribution in [2.75, 3.05) is 26.2 Å². The van der Waals surface area contributed by atoms with Crippen molar-refractivity contribution in [3.8, 4) is 5.69 Å². The van der Waals surface area contributed by atoms with E-state index in [4.69, 9.17) is 0 Å². The molecule has 144 valence electrons. The number of carbonyl (C=O) groups is 1. The number of benzene rings is 2. The highest BCUT2D eigenvalue weighted by atomic mass is 19.1. The largest absolute Gasteiger partial charge is 0.337 e. The predicted molar refractivity (Wildman–Crippen MR) is 106 cm³/mol. The van der Waals surface area contributed by atoms with Crippen LogP contribution in [-0.2, 0) is 6.54 Å². The molecule has 3 aromatic rings. The van der Waals surface area contributed by atoms with Gasteiger partial charge in [-0.15, -0.1) is 0 Å². The van der Waals surface area contributed by atoms with Gasteiger partial charge in [-0.2, -0.15) is 0 Å². The third kappa shape index (κ3) is 4.28. The van der Waals surface area contributed by atoms with E-state index < -0.39 is 0 Å². The molecule has 5 nitrogen and oxygen atoms in total. The van der Waals surface area contributed by atoms with Gasteiger partial charge in [-0.3, -0.25) is 9.69 Å². The molecule has 2 aromatic carbocycles.